The van der Waals surface area contributed by atoms with Crippen molar-refractivity contribution < 1.29 is 0 Å². The molecule has 0 saturated heterocycles. The van der Waals surface area contributed by atoms with Crippen molar-refractivity contribution in [3.63, 3.8) is 0 Å². The third-order valence-electron chi connectivity index (χ3n) is 7.11. The molecule has 0 aliphatic rings. The Hall–Kier alpha value is -6.05. The molecule has 6 aromatic rings. The summed E-state index contributed by atoms with van der Waals surface area (Å²) in [4.78, 5) is 4.07. The Labute approximate surface area is 258 Å². The first kappa shape index (κ1) is 29.4. The molecular formula is C40H32N4. The van der Waals surface area contributed by atoms with Gasteiger partial charge in [0, 0.05) is 11.1 Å². The van der Waals surface area contributed by atoms with Crippen molar-refractivity contribution in [2.24, 2.45) is 10.7 Å². The van der Waals surface area contributed by atoms with E-state index in [2.05, 4.69) is 115 Å². The summed E-state index contributed by atoms with van der Waals surface area (Å²) in [6.07, 6.45) is 0. The fraction of sp³-hybridized carbons (Fsp3) is 0.0250. The molecule has 6 aromatic carbocycles. The maximum absolute atomic E-state index is 8.72. The van der Waals surface area contributed by atoms with Crippen molar-refractivity contribution in [1.29, 1.82) is 10.7 Å². The fourth-order valence-corrected chi connectivity index (χ4v) is 4.77. The smallest absolute Gasteiger partial charge is 0.154 e. The van der Waals surface area contributed by atoms with E-state index in [0.717, 1.165) is 0 Å². The lowest BCUT2D eigenvalue weighted by molar-refractivity contribution is 1.39. The Morgan fingerprint density at radius 1 is 0.545 bits per heavy atom. The van der Waals surface area contributed by atoms with Crippen molar-refractivity contribution in [2.45, 2.75) is 6.92 Å². The third-order valence-corrected chi connectivity index (χ3v) is 7.11. The number of amidine groups is 2. The Balaban J connectivity index is 0.000000182. The first-order chi connectivity index (χ1) is 21.5. The van der Waals surface area contributed by atoms with Gasteiger partial charge in [-0.05, 0) is 76.7 Å². The van der Waals surface area contributed by atoms with Gasteiger partial charge >= 0.3 is 0 Å². The lowest BCUT2D eigenvalue weighted by Gasteiger charge is -2.09. The predicted octanol–water partition coefficient (Wildman–Crippen LogP) is 9.29. The molecule has 3 N–H and O–H groups in total. The highest BCUT2D eigenvalue weighted by atomic mass is 14.9. The van der Waals surface area contributed by atoms with Crippen molar-refractivity contribution >= 4 is 11.7 Å². The minimum Gasteiger partial charge on any atom is -0.383 e. The number of nitrogens with zero attached hydrogens (tertiary/aromatic N) is 2. The monoisotopic (exact) mass is 568 g/mol. The molecule has 0 radical (unpaired) electrons. The predicted molar refractivity (Wildman–Crippen MR) is 183 cm³/mol. The molecule has 0 atom stereocenters. The molecule has 0 aliphatic carbocycles. The van der Waals surface area contributed by atoms with E-state index in [-0.39, 0.29) is 11.7 Å². The molecule has 0 bridgehead atoms. The highest BCUT2D eigenvalue weighted by Gasteiger charge is 2.05. The summed E-state index contributed by atoms with van der Waals surface area (Å²) in [5.74, 6) is 0.376. The van der Waals surface area contributed by atoms with Gasteiger partial charge in [0.1, 0.15) is 5.84 Å². The number of benzene rings is 6. The largest absolute Gasteiger partial charge is 0.383 e. The molecule has 212 valence electrons. The van der Waals surface area contributed by atoms with Crippen molar-refractivity contribution in [1.82, 2.24) is 0 Å². The van der Waals surface area contributed by atoms with Crippen molar-refractivity contribution in [2.75, 3.05) is 0 Å². The zero-order valence-electron chi connectivity index (χ0n) is 24.5. The van der Waals surface area contributed by atoms with Gasteiger partial charge in [0.25, 0.3) is 0 Å². The van der Waals surface area contributed by atoms with E-state index in [1.165, 1.54) is 38.9 Å². The Kier molecular flexibility index (Phi) is 9.52. The van der Waals surface area contributed by atoms with Crippen LogP contribution in [0, 0.1) is 23.7 Å². The number of nitriles is 1. The lowest BCUT2D eigenvalue weighted by Crippen LogP contribution is -2.15. The number of hydrogen-bond acceptors (Lipinski definition) is 2. The standard InChI is InChI=1S/C25H20.C15H12N4/c1-19-8-5-11-21(16-19)23-13-7-15-25(18-23)24-14-6-12-22(17-24)20-9-3-2-4-10-20;16-10-11-6-8-13(9-7-11)15(18)19-14(17)12-4-2-1-3-5-12/h2-18H,1H3;1-9H,(H3,17,18,19). The molecule has 0 saturated carbocycles. The van der Waals surface area contributed by atoms with Crippen LogP contribution < -0.4 is 5.73 Å². The molecule has 0 heterocycles. The SMILES string of the molecule is Cc1cccc(-c2cccc(-c3cccc(-c4ccccc4)c3)c2)c1.N#Cc1ccc(C(N)=NC(=N)c2ccccc2)cc1. The first-order valence-electron chi connectivity index (χ1n) is 14.3. The fourth-order valence-electron chi connectivity index (χ4n) is 4.77. The summed E-state index contributed by atoms with van der Waals surface area (Å²) in [6.45, 7) is 2.14. The molecular weight excluding hydrogens is 536 g/mol. The Morgan fingerprint density at radius 2 is 1.00 bits per heavy atom. The van der Waals surface area contributed by atoms with E-state index in [9.17, 15) is 0 Å². The van der Waals surface area contributed by atoms with Gasteiger partial charge in [0.2, 0.25) is 0 Å². The van der Waals surface area contributed by atoms with E-state index in [4.69, 9.17) is 16.4 Å². The number of nitrogens with one attached hydrogen (secondary N) is 1. The maximum Gasteiger partial charge on any atom is 0.154 e. The quantitative estimate of drug-likeness (QED) is 0.160. The summed E-state index contributed by atoms with van der Waals surface area (Å²) >= 11 is 0. The first-order valence-corrected chi connectivity index (χ1v) is 14.3. The van der Waals surface area contributed by atoms with Gasteiger partial charge in [-0.3, -0.25) is 5.41 Å². The van der Waals surface area contributed by atoms with E-state index in [1.807, 2.05) is 24.3 Å². The average molecular weight is 569 g/mol. The maximum atomic E-state index is 8.72. The van der Waals surface area contributed by atoms with E-state index < -0.39 is 0 Å². The van der Waals surface area contributed by atoms with Crippen LogP contribution in [0.4, 0.5) is 0 Å². The van der Waals surface area contributed by atoms with Gasteiger partial charge in [-0.15, -0.1) is 0 Å². The Bertz CT molecular complexity index is 1930. The topological polar surface area (TPSA) is 86.0 Å². The van der Waals surface area contributed by atoms with Gasteiger partial charge in [0.05, 0.1) is 11.6 Å². The number of hydrogen-bond donors (Lipinski definition) is 2. The summed E-state index contributed by atoms with van der Waals surface area (Å²) in [7, 11) is 0. The van der Waals surface area contributed by atoms with Crippen LogP contribution in [0.25, 0.3) is 33.4 Å². The minimum atomic E-state index is 0.113. The molecule has 0 unspecified atom stereocenters. The summed E-state index contributed by atoms with van der Waals surface area (Å²) in [6, 6.07) is 54.7. The van der Waals surface area contributed by atoms with Crippen LogP contribution in [-0.4, -0.2) is 11.7 Å². The second kappa shape index (κ2) is 14.2. The average Bonchev–Trinajstić information content (AvgIpc) is 3.09. The normalized spacial score (nSPS) is 10.7. The molecule has 4 heteroatoms. The highest BCUT2D eigenvalue weighted by molar-refractivity contribution is 6.09. The molecule has 6 rings (SSSR count). The molecule has 4 nitrogen and oxygen atoms in total. The van der Waals surface area contributed by atoms with Crippen LogP contribution >= 0.6 is 0 Å². The van der Waals surface area contributed by atoms with Gasteiger partial charge in [-0.1, -0.05) is 127 Å². The second-order valence-electron chi connectivity index (χ2n) is 10.3. The van der Waals surface area contributed by atoms with E-state index >= 15 is 0 Å². The molecule has 0 fully saturated rings. The number of aryl methyl sites for hydroxylation is 1. The lowest BCUT2D eigenvalue weighted by atomic mass is 9.96. The van der Waals surface area contributed by atoms with Crippen LogP contribution in [0.3, 0.4) is 0 Å². The molecule has 0 aliphatic heterocycles. The van der Waals surface area contributed by atoms with Crippen LogP contribution in [-0.2, 0) is 0 Å². The molecule has 0 amide bonds. The minimum absolute atomic E-state index is 0.113. The molecule has 0 aromatic heterocycles. The van der Waals surface area contributed by atoms with Crippen LogP contribution in [0.2, 0.25) is 0 Å². The third kappa shape index (κ3) is 7.61. The second-order valence-corrected chi connectivity index (χ2v) is 10.3. The van der Waals surface area contributed by atoms with E-state index in [0.29, 0.717) is 16.7 Å². The summed E-state index contributed by atoms with van der Waals surface area (Å²) < 4.78 is 0. The Morgan fingerprint density at radius 3 is 1.52 bits per heavy atom. The van der Waals surface area contributed by atoms with Gasteiger partial charge in [-0.2, -0.15) is 5.26 Å². The zero-order chi connectivity index (χ0) is 30.7. The number of nitrogens with two attached hydrogens (primary N) is 1. The zero-order valence-corrected chi connectivity index (χ0v) is 24.5. The summed E-state index contributed by atoms with van der Waals surface area (Å²) in [5, 5.41) is 16.6. The van der Waals surface area contributed by atoms with Gasteiger partial charge in [-0.25, -0.2) is 4.99 Å². The number of rotatable bonds is 5. The molecule has 44 heavy (non-hydrogen) atoms. The van der Waals surface area contributed by atoms with Crippen molar-refractivity contribution in [3.05, 3.63) is 180 Å². The van der Waals surface area contributed by atoms with Crippen LogP contribution in [0.1, 0.15) is 22.3 Å². The van der Waals surface area contributed by atoms with Gasteiger partial charge < -0.3 is 5.73 Å². The van der Waals surface area contributed by atoms with Crippen molar-refractivity contribution in [3.8, 4) is 39.4 Å². The van der Waals surface area contributed by atoms with Crippen LogP contribution in [0.15, 0.2) is 163 Å². The number of aliphatic imine (C=N–C) groups is 1. The van der Waals surface area contributed by atoms with Gasteiger partial charge in [0.15, 0.2) is 5.84 Å². The molecule has 0 spiro atoms. The highest BCUT2D eigenvalue weighted by Crippen LogP contribution is 2.29. The van der Waals surface area contributed by atoms with Crippen LogP contribution in [0.5, 0.6) is 0 Å². The van der Waals surface area contributed by atoms with E-state index in [1.54, 1.807) is 36.4 Å². The summed E-state index contributed by atoms with van der Waals surface area (Å²) in [5.41, 5.74) is 16.6.